The van der Waals surface area contributed by atoms with Crippen molar-refractivity contribution in [3.05, 3.63) is 29.6 Å². The predicted octanol–water partition coefficient (Wildman–Crippen LogP) is 0.968. The normalized spacial score (nSPS) is 22.3. The van der Waals surface area contributed by atoms with E-state index in [1.807, 2.05) is 19.1 Å². The lowest BCUT2D eigenvalue weighted by atomic mass is 10.1. The summed E-state index contributed by atoms with van der Waals surface area (Å²) >= 11 is 0. The number of nitrogens with zero attached hydrogens (tertiary/aromatic N) is 2. The van der Waals surface area contributed by atoms with Gasteiger partial charge in [-0.15, -0.1) is 0 Å². The molecule has 1 aromatic rings. The molecule has 2 heterocycles. The second-order valence-corrected chi connectivity index (χ2v) is 7.87. The smallest absolute Gasteiger partial charge is 0.227 e. The maximum absolute atomic E-state index is 12.2. The Bertz CT molecular complexity index is 581. The Morgan fingerprint density at radius 1 is 1.40 bits per heavy atom. The van der Waals surface area contributed by atoms with Crippen LogP contribution >= 0.6 is 0 Å². The first-order chi connectivity index (χ1) is 9.38. The highest BCUT2D eigenvalue weighted by atomic mass is 32.2. The Kier molecular flexibility index (Phi) is 4.42. The number of sulfone groups is 1. The summed E-state index contributed by atoms with van der Waals surface area (Å²) in [6, 6.07) is 3.76. The number of hydrogen-bond donors (Lipinski definition) is 0. The Balaban J connectivity index is 2.01. The van der Waals surface area contributed by atoms with Crippen molar-refractivity contribution >= 4 is 15.7 Å². The van der Waals surface area contributed by atoms with E-state index in [4.69, 9.17) is 0 Å². The van der Waals surface area contributed by atoms with E-state index in [1.54, 1.807) is 18.0 Å². The molecule has 2 rings (SSSR count). The van der Waals surface area contributed by atoms with E-state index >= 15 is 0 Å². The first-order valence-electron chi connectivity index (χ1n) is 6.79. The molecule has 1 aliphatic rings. The molecule has 1 amide bonds. The molecular formula is C14H20N2O3S. The zero-order valence-corrected chi connectivity index (χ0v) is 12.7. The van der Waals surface area contributed by atoms with Gasteiger partial charge >= 0.3 is 0 Å². The van der Waals surface area contributed by atoms with Crippen LogP contribution in [0.3, 0.4) is 0 Å². The second kappa shape index (κ2) is 5.91. The molecule has 0 saturated carbocycles. The van der Waals surface area contributed by atoms with E-state index in [-0.39, 0.29) is 23.3 Å². The molecule has 1 saturated heterocycles. The summed E-state index contributed by atoms with van der Waals surface area (Å²) < 4.78 is 23.6. The largest absolute Gasteiger partial charge is 0.341 e. The zero-order chi connectivity index (χ0) is 14.8. The molecule has 6 heteroatoms. The predicted molar refractivity (Wildman–Crippen MR) is 77.1 cm³/mol. The minimum Gasteiger partial charge on any atom is -0.341 e. The van der Waals surface area contributed by atoms with Crippen LogP contribution in [0.25, 0.3) is 0 Å². The lowest BCUT2D eigenvalue weighted by Crippen LogP contribution is -2.34. The third-order valence-electron chi connectivity index (χ3n) is 3.74. The van der Waals surface area contributed by atoms with Gasteiger partial charge in [0.05, 0.1) is 17.4 Å². The molecule has 110 valence electrons. The van der Waals surface area contributed by atoms with Crippen LogP contribution in [0.1, 0.15) is 24.6 Å². The maximum atomic E-state index is 12.2. The first-order valence-corrected chi connectivity index (χ1v) is 8.51. The summed E-state index contributed by atoms with van der Waals surface area (Å²) in [7, 11) is -3.05. The minimum atomic E-state index is -3.05. The summed E-state index contributed by atoms with van der Waals surface area (Å²) in [4.78, 5) is 18.0. The molecule has 1 aliphatic heterocycles. The molecule has 0 radical (unpaired) electrons. The van der Waals surface area contributed by atoms with Crippen molar-refractivity contribution in [3.63, 3.8) is 0 Å². The van der Waals surface area contributed by atoms with E-state index in [2.05, 4.69) is 4.98 Å². The van der Waals surface area contributed by atoms with Crippen LogP contribution in [0.5, 0.6) is 0 Å². The van der Waals surface area contributed by atoms with Crippen molar-refractivity contribution < 1.29 is 13.2 Å². The van der Waals surface area contributed by atoms with Crippen molar-refractivity contribution in [2.24, 2.45) is 0 Å². The lowest BCUT2D eigenvalue weighted by Gasteiger charge is -2.19. The second-order valence-electron chi connectivity index (χ2n) is 5.33. The molecular weight excluding hydrogens is 276 g/mol. The third kappa shape index (κ3) is 3.56. The summed E-state index contributed by atoms with van der Waals surface area (Å²) in [5.74, 6) is 0.0337. The average Bonchev–Trinajstić information content (AvgIpc) is 2.53. The third-order valence-corrected chi connectivity index (χ3v) is 5.96. The number of amides is 1. The van der Waals surface area contributed by atoms with Gasteiger partial charge in [-0.2, -0.15) is 0 Å². The number of carbonyl (C=O) groups excluding carboxylic acids is 1. The maximum Gasteiger partial charge on any atom is 0.227 e. The van der Waals surface area contributed by atoms with Crippen molar-refractivity contribution in [3.8, 4) is 0 Å². The summed E-state index contributed by atoms with van der Waals surface area (Å²) in [6.07, 6.45) is 2.49. The van der Waals surface area contributed by atoms with E-state index in [0.29, 0.717) is 19.5 Å². The van der Waals surface area contributed by atoms with Gasteiger partial charge in [-0.05, 0) is 31.9 Å². The van der Waals surface area contributed by atoms with E-state index in [1.165, 1.54) is 0 Å². The number of aromatic nitrogens is 1. The van der Waals surface area contributed by atoms with Crippen molar-refractivity contribution in [1.29, 1.82) is 0 Å². The van der Waals surface area contributed by atoms with Crippen LogP contribution in [0.2, 0.25) is 0 Å². The van der Waals surface area contributed by atoms with Crippen molar-refractivity contribution in [2.45, 2.75) is 31.9 Å². The van der Waals surface area contributed by atoms with Gasteiger partial charge in [-0.25, -0.2) is 8.42 Å². The fourth-order valence-corrected chi connectivity index (χ4v) is 3.55. The Hall–Kier alpha value is -1.43. The van der Waals surface area contributed by atoms with Gasteiger partial charge < -0.3 is 4.90 Å². The van der Waals surface area contributed by atoms with Crippen LogP contribution in [-0.4, -0.2) is 48.3 Å². The highest BCUT2D eigenvalue weighted by Crippen LogP contribution is 2.14. The van der Waals surface area contributed by atoms with Crippen molar-refractivity contribution in [1.82, 2.24) is 9.88 Å². The van der Waals surface area contributed by atoms with Gasteiger partial charge in [0.25, 0.3) is 0 Å². The number of pyridine rings is 1. The molecule has 0 unspecified atom stereocenters. The summed E-state index contributed by atoms with van der Waals surface area (Å²) in [5.41, 5.74) is 1.77. The molecule has 0 aromatic carbocycles. The Morgan fingerprint density at radius 2 is 2.15 bits per heavy atom. The standard InChI is InChI=1S/C14H20N2O3S/c1-11-3-4-13(10-15-11)9-14(17)16-6-5-12(2)20(18,19)8-7-16/h3-4,10,12H,5-9H2,1-2H3/t12-/m1/s1. The number of carbonyl (C=O) groups is 1. The fourth-order valence-electron chi connectivity index (χ4n) is 2.21. The first kappa shape index (κ1) is 15.0. The average molecular weight is 296 g/mol. The summed E-state index contributed by atoms with van der Waals surface area (Å²) in [6.45, 7) is 4.42. The molecule has 5 nitrogen and oxygen atoms in total. The minimum absolute atomic E-state index is 0.0278. The van der Waals surface area contributed by atoms with Gasteiger partial charge in [0.15, 0.2) is 9.84 Å². The van der Waals surface area contributed by atoms with Crippen LogP contribution in [0.15, 0.2) is 18.3 Å². The van der Waals surface area contributed by atoms with Crippen LogP contribution < -0.4 is 0 Å². The zero-order valence-electron chi connectivity index (χ0n) is 11.9. The van der Waals surface area contributed by atoms with Gasteiger partial charge in [-0.1, -0.05) is 6.07 Å². The Morgan fingerprint density at radius 3 is 2.80 bits per heavy atom. The highest BCUT2D eigenvalue weighted by molar-refractivity contribution is 7.92. The van der Waals surface area contributed by atoms with E-state index in [9.17, 15) is 13.2 Å². The van der Waals surface area contributed by atoms with E-state index in [0.717, 1.165) is 11.3 Å². The number of aryl methyl sites for hydroxylation is 1. The molecule has 20 heavy (non-hydrogen) atoms. The van der Waals surface area contributed by atoms with Crippen LogP contribution in [0.4, 0.5) is 0 Å². The van der Waals surface area contributed by atoms with Crippen molar-refractivity contribution in [2.75, 3.05) is 18.8 Å². The molecule has 1 aromatic heterocycles. The SMILES string of the molecule is Cc1ccc(CC(=O)N2CC[C@@H](C)S(=O)(=O)CC2)cn1. The highest BCUT2D eigenvalue weighted by Gasteiger charge is 2.28. The molecule has 0 spiro atoms. The Labute approximate surface area is 119 Å². The van der Waals surface area contributed by atoms with Gasteiger partial charge in [0.2, 0.25) is 5.91 Å². The van der Waals surface area contributed by atoms with E-state index < -0.39 is 9.84 Å². The topological polar surface area (TPSA) is 67.3 Å². The van der Waals surface area contributed by atoms with Gasteiger partial charge in [-0.3, -0.25) is 9.78 Å². The quantitative estimate of drug-likeness (QED) is 0.815. The lowest BCUT2D eigenvalue weighted by molar-refractivity contribution is -0.130. The number of rotatable bonds is 2. The molecule has 1 atom stereocenters. The van der Waals surface area contributed by atoms with Crippen LogP contribution in [-0.2, 0) is 21.1 Å². The summed E-state index contributed by atoms with van der Waals surface area (Å²) in [5, 5.41) is -0.360. The van der Waals surface area contributed by atoms with Gasteiger partial charge in [0, 0.05) is 25.0 Å². The fraction of sp³-hybridized carbons (Fsp3) is 0.571. The number of hydrogen-bond acceptors (Lipinski definition) is 4. The molecule has 1 fully saturated rings. The monoisotopic (exact) mass is 296 g/mol. The van der Waals surface area contributed by atoms with Gasteiger partial charge in [0.1, 0.15) is 0 Å². The molecule has 0 aliphatic carbocycles. The molecule has 0 bridgehead atoms. The molecule has 0 N–H and O–H groups in total. The van der Waals surface area contributed by atoms with Crippen LogP contribution in [0, 0.1) is 6.92 Å².